The van der Waals surface area contributed by atoms with Crippen LogP contribution < -0.4 is 5.69 Å². The van der Waals surface area contributed by atoms with Gasteiger partial charge in [-0.3, -0.25) is 9.13 Å². The third kappa shape index (κ3) is 1.62. The van der Waals surface area contributed by atoms with Crippen molar-refractivity contribution >= 4 is 16.7 Å². The normalized spacial score (nSPS) is 15.9. The third-order valence-corrected chi connectivity index (χ3v) is 3.71. The Morgan fingerprint density at radius 2 is 1.94 bits per heavy atom. The van der Waals surface area contributed by atoms with E-state index in [0.717, 1.165) is 30.4 Å². The van der Waals surface area contributed by atoms with Crippen molar-refractivity contribution in [3.05, 3.63) is 40.8 Å². The average molecular weight is 242 g/mol. The van der Waals surface area contributed by atoms with Crippen molar-refractivity contribution in [2.75, 3.05) is 0 Å². The van der Waals surface area contributed by atoms with E-state index in [1.165, 1.54) is 18.5 Å². The fourth-order valence-corrected chi connectivity index (χ4v) is 2.82. The summed E-state index contributed by atoms with van der Waals surface area (Å²) in [6.07, 6.45) is 6.75. The molecule has 0 bridgehead atoms. The lowest BCUT2D eigenvalue weighted by Gasteiger charge is -2.13. The van der Waals surface area contributed by atoms with Crippen LogP contribution >= 0.6 is 0 Å². The molecule has 0 spiro atoms. The molecule has 1 aromatic carbocycles. The van der Waals surface area contributed by atoms with Crippen molar-refractivity contribution in [1.29, 1.82) is 0 Å². The van der Waals surface area contributed by atoms with Crippen LogP contribution in [0.5, 0.6) is 0 Å². The maximum absolute atomic E-state index is 12.5. The van der Waals surface area contributed by atoms with E-state index in [1.54, 1.807) is 0 Å². The summed E-state index contributed by atoms with van der Waals surface area (Å²) >= 11 is 0. The van der Waals surface area contributed by atoms with E-state index in [4.69, 9.17) is 0 Å². The molecule has 3 heteroatoms. The first-order valence-electron chi connectivity index (χ1n) is 6.72. The lowest BCUT2D eigenvalue weighted by molar-refractivity contribution is 0.694. The highest BCUT2D eigenvalue weighted by Crippen LogP contribution is 2.24. The van der Waals surface area contributed by atoms with Crippen LogP contribution in [0.4, 0.5) is 0 Å². The van der Waals surface area contributed by atoms with Gasteiger partial charge < -0.3 is 0 Å². The lowest BCUT2D eigenvalue weighted by Crippen LogP contribution is -2.23. The van der Waals surface area contributed by atoms with Gasteiger partial charge in [-0.05, 0) is 44.7 Å². The average Bonchev–Trinajstić information content (AvgIpc) is 2.71. The molecule has 18 heavy (non-hydrogen) atoms. The van der Waals surface area contributed by atoms with Gasteiger partial charge >= 0.3 is 5.69 Å². The summed E-state index contributed by atoms with van der Waals surface area (Å²) in [6.45, 7) is 2.74. The molecule has 2 aromatic rings. The number of rotatable bonds is 2. The number of hydrogen-bond acceptors (Lipinski definition) is 1. The van der Waals surface area contributed by atoms with Crippen LogP contribution in [-0.4, -0.2) is 9.13 Å². The molecule has 0 radical (unpaired) electrons. The molecule has 1 aromatic heterocycles. The Morgan fingerprint density at radius 1 is 1.17 bits per heavy atom. The molecule has 94 valence electrons. The molecule has 0 N–H and O–H groups in total. The minimum Gasteiger partial charge on any atom is -0.292 e. The van der Waals surface area contributed by atoms with Gasteiger partial charge in [-0.2, -0.15) is 0 Å². The van der Waals surface area contributed by atoms with Crippen LogP contribution in [0, 0.1) is 0 Å². The van der Waals surface area contributed by atoms with Gasteiger partial charge in [0.25, 0.3) is 0 Å². The van der Waals surface area contributed by atoms with Crippen LogP contribution in [0.15, 0.2) is 35.1 Å². The largest absolute Gasteiger partial charge is 0.333 e. The standard InChI is InChI=1S/C15H18N2O/c1-2-16-13-10-6-7-11-14(13)17(15(16)18)12-8-4-3-5-9-12/h6-8,10-11H,2-5,9H2,1H3. The van der Waals surface area contributed by atoms with Crippen molar-refractivity contribution in [3.63, 3.8) is 0 Å². The molecule has 3 rings (SSSR count). The van der Waals surface area contributed by atoms with Gasteiger partial charge in [0.15, 0.2) is 0 Å². The zero-order valence-corrected chi connectivity index (χ0v) is 10.7. The van der Waals surface area contributed by atoms with E-state index in [1.807, 2.05) is 40.3 Å². The van der Waals surface area contributed by atoms with Gasteiger partial charge in [-0.25, -0.2) is 4.79 Å². The molecule has 3 nitrogen and oxygen atoms in total. The maximum Gasteiger partial charge on any atom is 0.333 e. The first-order chi connectivity index (χ1) is 8.83. The number of hydrogen-bond donors (Lipinski definition) is 0. The predicted octanol–water partition coefficient (Wildman–Crippen LogP) is 3.24. The van der Waals surface area contributed by atoms with Gasteiger partial charge in [0, 0.05) is 12.2 Å². The second-order valence-electron chi connectivity index (χ2n) is 4.79. The minimum atomic E-state index is 0.104. The van der Waals surface area contributed by atoms with Crippen LogP contribution in [-0.2, 0) is 6.54 Å². The summed E-state index contributed by atoms with van der Waals surface area (Å²) < 4.78 is 3.75. The van der Waals surface area contributed by atoms with E-state index < -0.39 is 0 Å². The number of fused-ring (bicyclic) bond motifs is 1. The van der Waals surface area contributed by atoms with Crippen LogP contribution in [0.1, 0.15) is 32.6 Å². The summed E-state index contributed by atoms with van der Waals surface area (Å²) in [5, 5.41) is 0. The quantitative estimate of drug-likeness (QED) is 0.794. The second kappa shape index (κ2) is 4.48. The van der Waals surface area contributed by atoms with E-state index in [2.05, 4.69) is 6.08 Å². The maximum atomic E-state index is 12.5. The molecule has 0 saturated carbocycles. The van der Waals surface area contributed by atoms with E-state index in [9.17, 15) is 4.79 Å². The Hall–Kier alpha value is -1.77. The smallest absolute Gasteiger partial charge is 0.292 e. The van der Waals surface area contributed by atoms with E-state index in [-0.39, 0.29) is 5.69 Å². The third-order valence-electron chi connectivity index (χ3n) is 3.71. The molecule has 0 atom stereocenters. The predicted molar refractivity (Wildman–Crippen MR) is 74.6 cm³/mol. The summed E-state index contributed by atoms with van der Waals surface area (Å²) in [6, 6.07) is 8.06. The van der Waals surface area contributed by atoms with Crippen molar-refractivity contribution in [3.8, 4) is 0 Å². The van der Waals surface area contributed by atoms with E-state index >= 15 is 0 Å². The van der Waals surface area contributed by atoms with Crippen molar-refractivity contribution < 1.29 is 0 Å². The van der Waals surface area contributed by atoms with Crippen LogP contribution in [0.2, 0.25) is 0 Å². The number of aryl methyl sites for hydroxylation is 1. The highest BCUT2D eigenvalue weighted by molar-refractivity contribution is 5.79. The van der Waals surface area contributed by atoms with E-state index in [0.29, 0.717) is 0 Å². The Bertz CT molecular complexity index is 661. The Kier molecular flexibility index (Phi) is 2.82. The van der Waals surface area contributed by atoms with Gasteiger partial charge in [-0.1, -0.05) is 18.2 Å². The van der Waals surface area contributed by atoms with Crippen molar-refractivity contribution in [2.24, 2.45) is 0 Å². The number of para-hydroxylation sites is 2. The first-order valence-corrected chi connectivity index (χ1v) is 6.72. The number of benzene rings is 1. The minimum absolute atomic E-state index is 0.104. The van der Waals surface area contributed by atoms with Gasteiger partial charge in [0.2, 0.25) is 0 Å². The second-order valence-corrected chi connectivity index (χ2v) is 4.79. The molecular weight excluding hydrogens is 224 g/mol. The first kappa shape index (κ1) is 11.3. The molecule has 0 amide bonds. The SMILES string of the molecule is CCn1c(=O)n(C2=CCCCC2)c2ccccc21. The number of imidazole rings is 1. The van der Waals surface area contributed by atoms with Gasteiger partial charge in [0.1, 0.15) is 0 Å². The fourth-order valence-electron chi connectivity index (χ4n) is 2.82. The van der Waals surface area contributed by atoms with Crippen LogP contribution in [0.3, 0.4) is 0 Å². The van der Waals surface area contributed by atoms with Gasteiger partial charge in [0.05, 0.1) is 11.0 Å². The number of allylic oxidation sites excluding steroid dienone is 2. The Labute approximate surface area is 106 Å². The molecular formula is C15H18N2O. The lowest BCUT2D eigenvalue weighted by atomic mass is 10.0. The zero-order valence-electron chi connectivity index (χ0n) is 10.7. The Morgan fingerprint density at radius 3 is 2.61 bits per heavy atom. The fraction of sp³-hybridized carbons (Fsp3) is 0.400. The summed E-state index contributed by atoms with van der Waals surface area (Å²) in [5.74, 6) is 0. The topological polar surface area (TPSA) is 26.9 Å². The van der Waals surface area contributed by atoms with Gasteiger partial charge in [-0.15, -0.1) is 0 Å². The summed E-state index contributed by atoms with van der Waals surface area (Å²) in [7, 11) is 0. The highest BCUT2D eigenvalue weighted by atomic mass is 16.1. The molecule has 1 aliphatic carbocycles. The molecule has 1 heterocycles. The highest BCUT2D eigenvalue weighted by Gasteiger charge is 2.15. The molecule has 1 aliphatic rings. The molecule has 0 fully saturated rings. The Balaban J connectivity index is 2.31. The zero-order chi connectivity index (χ0) is 12.5. The number of nitrogens with zero attached hydrogens (tertiary/aromatic N) is 2. The summed E-state index contributed by atoms with van der Waals surface area (Å²) in [5.41, 5.74) is 3.36. The molecule has 0 unspecified atom stereocenters. The molecule has 0 saturated heterocycles. The van der Waals surface area contributed by atoms with Crippen molar-refractivity contribution in [2.45, 2.75) is 39.2 Å². The summed E-state index contributed by atoms with van der Waals surface area (Å²) in [4.78, 5) is 12.5. The van der Waals surface area contributed by atoms with Crippen molar-refractivity contribution in [1.82, 2.24) is 9.13 Å². The number of aromatic nitrogens is 2. The molecule has 0 aliphatic heterocycles. The monoisotopic (exact) mass is 242 g/mol. The van der Waals surface area contributed by atoms with Crippen LogP contribution in [0.25, 0.3) is 16.7 Å².